The normalized spacial score (nSPS) is 9.31. The topological polar surface area (TPSA) is 18.5 Å². The largest absolute Gasteiger partial charge is 0.493 e. The van der Waals surface area contributed by atoms with Crippen molar-refractivity contribution in [2.75, 3.05) is 14.2 Å². The molecule has 0 spiro atoms. The van der Waals surface area contributed by atoms with Crippen LogP contribution in [0, 0.1) is 23.7 Å². The van der Waals surface area contributed by atoms with Gasteiger partial charge in [0.05, 0.1) is 14.2 Å². The first-order valence-electron chi connectivity index (χ1n) is 8.20. The Morgan fingerprint density at radius 2 is 0.923 bits per heavy atom. The maximum Gasteiger partial charge on any atom is 0.162 e. The zero-order valence-corrected chi connectivity index (χ0v) is 14.7. The molecule has 2 heteroatoms. The van der Waals surface area contributed by atoms with E-state index in [4.69, 9.17) is 9.47 Å². The summed E-state index contributed by atoms with van der Waals surface area (Å²) in [5.41, 5.74) is 3.50. The van der Waals surface area contributed by atoms with Gasteiger partial charge in [0.25, 0.3) is 0 Å². The molecule has 126 valence electrons. The van der Waals surface area contributed by atoms with E-state index < -0.39 is 0 Å². The van der Waals surface area contributed by atoms with E-state index >= 15 is 0 Å². The van der Waals surface area contributed by atoms with Gasteiger partial charge in [0.15, 0.2) is 11.5 Å². The lowest BCUT2D eigenvalue weighted by atomic mass is 10.1. The van der Waals surface area contributed by atoms with Crippen LogP contribution < -0.4 is 9.47 Å². The third-order valence-corrected chi connectivity index (χ3v) is 3.75. The quantitative estimate of drug-likeness (QED) is 0.640. The van der Waals surface area contributed by atoms with Crippen LogP contribution in [0.25, 0.3) is 0 Å². The van der Waals surface area contributed by atoms with Crippen LogP contribution in [-0.4, -0.2) is 14.2 Å². The Morgan fingerprint density at radius 1 is 0.538 bits per heavy atom. The Bertz CT molecular complexity index is 914. The van der Waals surface area contributed by atoms with Crippen LogP contribution in [0.5, 0.6) is 11.5 Å². The van der Waals surface area contributed by atoms with E-state index in [-0.39, 0.29) is 0 Å². The van der Waals surface area contributed by atoms with Crippen molar-refractivity contribution in [2.45, 2.75) is 0 Å². The van der Waals surface area contributed by atoms with Gasteiger partial charge >= 0.3 is 0 Å². The average Bonchev–Trinajstić information content (AvgIpc) is 2.72. The number of hydrogen-bond donors (Lipinski definition) is 0. The van der Waals surface area contributed by atoms with E-state index in [2.05, 4.69) is 23.7 Å². The van der Waals surface area contributed by atoms with Crippen molar-refractivity contribution < 1.29 is 9.47 Å². The molecule has 0 aliphatic carbocycles. The molecule has 0 atom stereocenters. The summed E-state index contributed by atoms with van der Waals surface area (Å²) >= 11 is 0. The number of hydrogen-bond acceptors (Lipinski definition) is 2. The molecule has 0 bridgehead atoms. The van der Waals surface area contributed by atoms with Gasteiger partial charge in [0.2, 0.25) is 0 Å². The van der Waals surface area contributed by atoms with Crippen LogP contribution in [0.2, 0.25) is 0 Å². The molecule has 0 heterocycles. The maximum atomic E-state index is 5.41. The Morgan fingerprint density at radius 3 is 1.27 bits per heavy atom. The lowest BCUT2D eigenvalue weighted by Gasteiger charge is -2.09. The summed E-state index contributed by atoms with van der Waals surface area (Å²) in [6.07, 6.45) is 0. The molecule has 2 nitrogen and oxygen atoms in total. The highest BCUT2D eigenvalue weighted by molar-refractivity contribution is 5.60. The van der Waals surface area contributed by atoms with Gasteiger partial charge in [0.1, 0.15) is 0 Å². The fraction of sp³-hybridized carbons (Fsp3) is 0.0833. The Labute approximate surface area is 154 Å². The molecule has 0 unspecified atom stereocenters. The third kappa shape index (κ3) is 4.26. The second-order valence-corrected chi connectivity index (χ2v) is 5.48. The second-order valence-electron chi connectivity index (χ2n) is 5.48. The predicted octanol–water partition coefficient (Wildman–Crippen LogP) is 4.50. The van der Waals surface area contributed by atoms with Crippen molar-refractivity contribution in [3.63, 3.8) is 0 Å². The van der Waals surface area contributed by atoms with E-state index in [1.807, 2.05) is 72.8 Å². The van der Waals surface area contributed by atoms with Gasteiger partial charge in [-0.2, -0.15) is 0 Å². The molecule has 0 amide bonds. The summed E-state index contributed by atoms with van der Waals surface area (Å²) in [6.45, 7) is 0. The van der Waals surface area contributed by atoms with Gasteiger partial charge in [0, 0.05) is 34.4 Å². The molecule has 0 saturated heterocycles. The molecule has 0 aromatic heterocycles. The predicted molar refractivity (Wildman–Crippen MR) is 104 cm³/mol. The van der Waals surface area contributed by atoms with E-state index in [1.54, 1.807) is 14.2 Å². The Hall–Kier alpha value is -3.62. The maximum absolute atomic E-state index is 5.41. The average molecular weight is 338 g/mol. The number of rotatable bonds is 2. The molecular weight excluding hydrogens is 320 g/mol. The van der Waals surface area contributed by atoms with Crippen LogP contribution in [0.15, 0.2) is 72.8 Å². The van der Waals surface area contributed by atoms with Crippen LogP contribution >= 0.6 is 0 Å². The molecule has 0 saturated carbocycles. The standard InChI is InChI=1S/C24H18O2/c1-25-23-17-21(15-13-19-9-5-3-6-10-19)22(18-24(23)26-2)16-14-20-11-7-4-8-12-20/h3-12,17-18H,1-2H3. The molecule has 0 radical (unpaired) electrons. The summed E-state index contributed by atoms with van der Waals surface area (Å²) in [7, 11) is 3.23. The lowest BCUT2D eigenvalue weighted by Crippen LogP contribution is -1.94. The van der Waals surface area contributed by atoms with Crippen molar-refractivity contribution in [1.29, 1.82) is 0 Å². The van der Waals surface area contributed by atoms with Gasteiger partial charge in [-0.1, -0.05) is 60.1 Å². The first kappa shape index (κ1) is 17.2. The number of methoxy groups -OCH3 is 2. The first-order valence-corrected chi connectivity index (χ1v) is 8.20. The molecular formula is C24H18O2. The molecule has 3 aromatic rings. The Kier molecular flexibility index (Phi) is 5.61. The van der Waals surface area contributed by atoms with Crippen LogP contribution in [0.4, 0.5) is 0 Å². The molecule has 0 fully saturated rings. The van der Waals surface area contributed by atoms with Crippen molar-refractivity contribution in [1.82, 2.24) is 0 Å². The molecule has 0 aliphatic heterocycles. The molecule has 26 heavy (non-hydrogen) atoms. The highest BCUT2D eigenvalue weighted by Gasteiger charge is 2.08. The summed E-state index contributed by atoms with van der Waals surface area (Å²) < 4.78 is 10.8. The molecule has 3 rings (SSSR count). The van der Waals surface area contributed by atoms with Gasteiger partial charge in [-0.3, -0.25) is 0 Å². The summed E-state index contributed by atoms with van der Waals surface area (Å²) in [4.78, 5) is 0. The SMILES string of the molecule is COc1cc(C#Cc2ccccc2)c(C#Cc2ccccc2)cc1OC. The highest BCUT2D eigenvalue weighted by Crippen LogP contribution is 2.30. The highest BCUT2D eigenvalue weighted by atomic mass is 16.5. The second kappa shape index (κ2) is 8.47. The summed E-state index contributed by atoms with van der Waals surface area (Å²) in [5, 5.41) is 0. The van der Waals surface area contributed by atoms with Crippen LogP contribution in [0.3, 0.4) is 0 Å². The van der Waals surface area contributed by atoms with Crippen molar-refractivity contribution in [3.05, 3.63) is 95.1 Å². The number of ether oxygens (including phenoxy) is 2. The monoisotopic (exact) mass is 338 g/mol. The van der Waals surface area contributed by atoms with Crippen molar-refractivity contribution >= 4 is 0 Å². The van der Waals surface area contributed by atoms with Crippen molar-refractivity contribution in [2.24, 2.45) is 0 Å². The zero-order valence-electron chi connectivity index (χ0n) is 14.7. The van der Waals surface area contributed by atoms with Crippen LogP contribution in [0.1, 0.15) is 22.3 Å². The minimum Gasteiger partial charge on any atom is -0.493 e. The van der Waals surface area contributed by atoms with E-state index in [1.165, 1.54) is 0 Å². The zero-order chi connectivity index (χ0) is 18.2. The van der Waals surface area contributed by atoms with Gasteiger partial charge in [-0.25, -0.2) is 0 Å². The minimum absolute atomic E-state index is 0.634. The lowest BCUT2D eigenvalue weighted by molar-refractivity contribution is 0.355. The fourth-order valence-corrected chi connectivity index (χ4v) is 2.41. The van der Waals surface area contributed by atoms with Crippen LogP contribution in [-0.2, 0) is 0 Å². The third-order valence-electron chi connectivity index (χ3n) is 3.75. The van der Waals surface area contributed by atoms with Crippen molar-refractivity contribution in [3.8, 4) is 35.2 Å². The van der Waals surface area contributed by atoms with Gasteiger partial charge in [-0.05, 0) is 24.3 Å². The van der Waals surface area contributed by atoms with Gasteiger partial charge < -0.3 is 9.47 Å². The Balaban J connectivity index is 2.07. The molecule has 0 aliphatic rings. The first-order chi connectivity index (χ1) is 12.8. The van der Waals surface area contributed by atoms with E-state index in [0.717, 1.165) is 22.3 Å². The summed E-state index contributed by atoms with van der Waals surface area (Å²) in [6, 6.07) is 23.4. The molecule has 0 N–H and O–H groups in total. The van der Waals surface area contributed by atoms with E-state index in [9.17, 15) is 0 Å². The fourth-order valence-electron chi connectivity index (χ4n) is 2.41. The number of benzene rings is 3. The smallest absolute Gasteiger partial charge is 0.162 e. The van der Waals surface area contributed by atoms with Gasteiger partial charge in [-0.15, -0.1) is 0 Å². The molecule has 3 aromatic carbocycles. The minimum atomic E-state index is 0.634. The summed E-state index contributed by atoms with van der Waals surface area (Å²) in [5.74, 6) is 14.0. The van der Waals surface area contributed by atoms with E-state index in [0.29, 0.717) is 11.5 Å².